The van der Waals surface area contributed by atoms with E-state index in [0.29, 0.717) is 11.7 Å². The van der Waals surface area contributed by atoms with Crippen molar-refractivity contribution in [1.82, 2.24) is 14.8 Å². The third-order valence-corrected chi connectivity index (χ3v) is 5.01. The van der Waals surface area contributed by atoms with Crippen molar-refractivity contribution in [2.45, 2.75) is 37.1 Å². The fourth-order valence-electron chi connectivity index (χ4n) is 3.27. The molecular weight excluding hydrogens is 379 g/mol. The Morgan fingerprint density at radius 3 is 2.32 bits per heavy atom. The number of likely N-dealkylation sites (N-methyl/N-ethyl adjacent to an activating group) is 1. The smallest absolute Gasteiger partial charge is 0.475 e. The Kier molecular flexibility index (Phi) is 7.00. The number of aromatic nitrogens is 1. The van der Waals surface area contributed by atoms with Gasteiger partial charge in [0.25, 0.3) is 5.91 Å². The molecule has 1 aromatic rings. The molecule has 0 bridgehead atoms. The molecule has 1 unspecified atom stereocenters. The lowest BCUT2D eigenvalue weighted by Gasteiger charge is -2.38. The number of likely N-dealkylation sites (tertiary alicyclic amines) is 1. The Hall–Kier alpha value is -2.20. The molecule has 2 saturated heterocycles. The molecule has 1 spiro atoms. The van der Waals surface area contributed by atoms with Crippen molar-refractivity contribution in [3.05, 3.63) is 30.1 Å². The summed E-state index contributed by atoms with van der Waals surface area (Å²) < 4.78 is 37.8. The molecule has 7 nitrogen and oxygen atoms in total. The van der Waals surface area contributed by atoms with Crippen molar-refractivity contribution in [3.8, 4) is 0 Å². The maximum absolute atomic E-state index is 12.4. The molecule has 0 aliphatic carbocycles. The van der Waals surface area contributed by atoms with E-state index in [1.807, 2.05) is 17.0 Å². The first-order chi connectivity index (χ1) is 13.0. The van der Waals surface area contributed by atoms with Gasteiger partial charge in [0, 0.05) is 25.3 Å². The third-order valence-electron chi connectivity index (χ3n) is 5.01. The number of carboxylic acid groups (broad SMARTS) is 1. The summed E-state index contributed by atoms with van der Waals surface area (Å²) >= 11 is 0. The van der Waals surface area contributed by atoms with Crippen LogP contribution in [0.1, 0.15) is 29.8 Å². The van der Waals surface area contributed by atoms with Crippen LogP contribution < -0.4 is 0 Å². The second-order valence-corrected chi connectivity index (χ2v) is 7.13. The molecule has 3 rings (SSSR count). The van der Waals surface area contributed by atoms with Gasteiger partial charge in [-0.25, -0.2) is 4.79 Å². The highest BCUT2D eigenvalue weighted by Gasteiger charge is 2.44. The Morgan fingerprint density at radius 1 is 1.29 bits per heavy atom. The summed E-state index contributed by atoms with van der Waals surface area (Å²) in [6.07, 6.45) is -0.488. The highest BCUT2D eigenvalue weighted by atomic mass is 19.4. The zero-order chi connectivity index (χ0) is 20.9. The van der Waals surface area contributed by atoms with Gasteiger partial charge in [0.2, 0.25) is 0 Å². The zero-order valence-electron chi connectivity index (χ0n) is 15.8. The normalized spacial score (nSPS) is 21.4. The number of amides is 1. The SMILES string of the molecule is CN(C)C1COC2(CCN(C(=O)c3ccccn3)CC2)C1.O=C(O)C(F)(F)F. The number of rotatable bonds is 2. The second kappa shape index (κ2) is 8.87. The number of alkyl halides is 3. The van der Waals surface area contributed by atoms with Crippen LogP contribution in [0.5, 0.6) is 0 Å². The maximum atomic E-state index is 12.4. The highest BCUT2D eigenvalue weighted by Crippen LogP contribution is 2.37. The Bertz CT molecular complexity index is 674. The highest BCUT2D eigenvalue weighted by molar-refractivity contribution is 5.92. The van der Waals surface area contributed by atoms with Gasteiger partial charge in [0.05, 0.1) is 12.2 Å². The largest absolute Gasteiger partial charge is 0.490 e. The van der Waals surface area contributed by atoms with E-state index in [9.17, 15) is 18.0 Å². The molecule has 1 atom stereocenters. The van der Waals surface area contributed by atoms with Crippen LogP contribution in [0.3, 0.4) is 0 Å². The fraction of sp³-hybridized carbons (Fsp3) is 0.611. The minimum atomic E-state index is -5.08. The third kappa shape index (κ3) is 5.65. The van der Waals surface area contributed by atoms with Gasteiger partial charge >= 0.3 is 12.1 Å². The van der Waals surface area contributed by atoms with E-state index in [2.05, 4.69) is 24.0 Å². The molecule has 2 fully saturated rings. The summed E-state index contributed by atoms with van der Waals surface area (Å²) in [5.41, 5.74) is 0.516. The molecule has 3 heterocycles. The number of carboxylic acids is 1. The predicted octanol–water partition coefficient (Wildman–Crippen LogP) is 2.04. The fourth-order valence-corrected chi connectivity index (χ4v) is 3.27. The number of hydrogen-bond acceptors (Lipinski definition) is 5. The van der Waals surface area contributed by atoms with Crippen LogP contribution >= 0.6 is 0 Å². The van der Waals surface area contributed by atoms with Gasteiger partial charge in [-0.15, -0.1) is 0 Å². The maximum Gasteiger partial charge on any atom is 0.490 e. The molecule has 2 aliphatic rings. The molecular formula is C18H24F3N3O4. The van der Waals surface area contributed by atoms with Crippen LogP contribution in [0.25, 0.3) is 0 Å². The van der Waals surface area contributed by atoms with Crippen molar-refractivity contribution in [2.75, 3.05) is 33.8 Å². The first-order valence-electron chi connectivity index (χ1n) is 8.85. The molecule has 2 aliphatic heterocycles. The molecule has 1 aromatic heterocycles. The second-order valence-electron chi connectivity index (χ2n) is 7.13. The van der Waals surface area contributed by atoms with Gasteiger partial charge in [-0.1, -0.05) is 6.07 Å². The van der Waals surface area contributed by atoms with Crippen LogP contribution in [-0.4, -0.2) is 83.4 Å². The molecule has 10 heteroatoms. The number of hydrogen-bond donors (Lipinski definition) is 1. The zero-order valence-corrected chi connectivity index (χ0v) is 15.8. The first kappa shape index (κ1) is 22.1. The molecule has 1 amide bonds. The van der Waals surface area contributed by atoms with E-state index in [4.69, 9.17) is 14.6 Å². The number of ether oxygens (including phenoxy) is 1. The lowest BCUT2D eigenvalue weighted by atomic mass is 9.87. The lowest BCUT2D eigenvalue weighted by Crippen LogP contribution is -2.47. The van der Waals surface area contributed by atoms with E-state index in [-0.39, 0.29) is 11.5 Å². The summed E-state index contributed by atoms with van der Waals surface area (Å²) in [6.45, 7) is 2.33. The molecule has 1 N–H and O–H groups in total. The van der Waals surface area contributed by atoms with E-state index < -0.39 is 12.1 Å². The van der Waals surface area contributed by atoms with Crippen molar-refractivity contribution < 1.29 is 32.6 Å². The van der Waals surface area contributed by atoms with Gasteiger partial charge < -0.3 is 19.6 Å². The summed E-state index contributed by atoms with van der Waals surface area (Å²) in [5, 5.41) is 7.12. The monoisotopic (exact) mass is 403 g/mol. The minimum absolute atomic E-state index is 0.0180. The number of carbonyl (C=O) groups is 2. The van der Waals surface area contributed by atoms with Crippen molar-refractivity contribution in [2.24, 2.45) is 0 Å². The number of halogens is 3. The average Bonchev–Trinajstić information content (AvgIpc) is 3.06. The average molecular weight is 403 g/mol. The Balaban J connectivity index is 0.000000345. The van der Waals surface area contributed by atoms with Crippen molar-refractivity contribution in [1.29, 1.82) is 0 Å². The molecule has 156 valence electrons. The number of aliphatic carboxylic acids is 1. The van der Waals surface area contributed by atoms with Gasteiger partial charge in [-0.05, 0) is 45.5 Å². The van der Waals surface area contributed by atoms with Gasteiger partial charge in [0.1, 0.15) is 5.69 Å². The van der Waals surface area contributed by atoms with E-state index >= 15 is 0 Å². The van der Waals surface area contributed by atoms with Gasteiger partial charge in [-0.3, -0.25) is 9.78 Å². The topological polar surface area (TPSA) is 83.0 Å². The summed E-state index contributed by atoms with van der Waals surface area (Å²) in [7, 11) is 4.21. The number of pyridine rings is 1. The first-order valence-corrected chi connectivity index (χ1v) is 8.85. The number of nitrogens with zero attached hydrogens (tertiary/aromatic N) is 3. The van der Waals surface area contributed by atoms with E-state index in [1.54, 1.807) is 12.3 Å². The molecule has 0 saturated carbocycles. The van der Waals surface area contributed by atoms with Crippen LogP contribution in [0.15, 0.2) is 24.4 Å². The number of carbonyl (C=O) groups excluding carboxylic acids is 1. The Morgan fingerprint density at radius 2 is 1.89 bits per heavy atom. The van der Waals surface area contributed by atoms with Gasteiger partial charge in [0.15, 0.2) is 0 Å². The van der Waals surface area contributed by atoms with Crippen molar-refractivity contribution in [3.63, 3.8) is 0 Å². The van der Waals surface area contributed by atoms with Crippen LogP contribution in [0, 0.1) is 0 Å². The van der Waals surface area contributed by atoms with E-state index in [0.717, 1.165) is 39.0 Å². The van der Waals surface area contributed by atoms with Crippen LogP contribution in [-0.2, 0) is 9.53 Å². The predicted molar refractivity (Wildman–Crippen MR) is 93.8 cm³/mol. The molecule has 0 aromatic carbocycles. The quantitative estimate of drug-likeness (QED) is 0.814. The summed E-state index contributed by atoms with van der Waals surface area (Å²) in [6, 6.07) is 5.97. The molecule has 0 radical (unpaired) electrons. The lowest BCUT2D eigenvalue weighted by molar-refractivity contribution is -0.192. The van der Waals surface area contributed by atoms with Crippen LogP contribution in [0.2, 0.25) is 0 Å². The van der Waals surface area contributed by atoms with Gasteiger partial charge in [-0.2, -0.15) is 13.2 Å². The van der Waals surface area contributed by atoms with Crippen molar-refractivity contribution >= 4 is 11.9 Å². The standard InChI is InChI=1S/C16H23N3O2.C2HF3O2/c1-18(2)13-11-16(21-12-13)6-9-19(10-7-16)15(20)14-5-3-4-8-17-14;3-2(4,5)1(6)7/h3-5,8,13H,6-7,9-12H2,1-2H3;(H,6,7). The van der Waals surface area contributed by atoms with Crippen LogP contribution in [0.4, 0.5) is 13.2 Å². The summed E-state index contributed by atoms with van der Waals surface area (Å²) in [5.74, 6) is -2.72. The minimum Gasteiger partial charge on any atom is -0.475 e. The Labute approximate surface area is 161 Å². The van der Waals surface area contributed by atoms with E-state index in [1.165, 1.54) is 0 Å². The number of piperidine rings is 1. The molecule has 28 heavy (non-hydrogen) atoms. The summed E-state index contributed by atoms with van der Waals surface area (Å²) in [4.78, 5) is 29.6.